The number of nitrogens with one attached hydrogen (secondary N) is 1. The van der Waals surface area contributed by atoms with Crippen LogP contribution in [0.3, 0.4) is 0 Å². The molecule has 2 N–H and O–H groups in total. The maximum atomic E-state index is 12.5. The highest BCUT2D eigenvalue weighted by Gasteiger charge is 2.17. The van der Waals surface area contributed by atoms with Crippen LogP contribution in [-0.2, 0) is 13.5 Å². The highest BCUT2D eigenvalue weighted by atomic mass is 16.3. The van der Waals surface area contributed by atoms with Crippen LogP contribution in [0.2, 0.25) is 0 Å². The number of aryl methyl sites for hydroxylation is 2. The molecule has 5 nitrogen and oxygen atoms in total. The van der Waals surface area contributed by atoms with Crippen LogP contribution in [0.25, 0.3) is 0 Å². The molecular weight excluding hydrogens is 278 g/mol. The highest BCUT2D eigenvalue weighted by molar-refractivity contribution is 5.92. The van der Waals surface area contributed by atoms with Gasteiger partial charge in [-0.25, -0.2) is 0 Å². The number of hydrogen-bond acceptors (Lipinski definition) is 3. The molecule has 2 aromatic rings. The molecule has 0 radical (unpaired) electrons. The van der Waals surface area contributed by atoms with Gasteiger partial charge in [-0.3, -0.25) is 9.48 Å². The first-order chi connectivity index (χ1) is 10.5. The summed E-state index contributed by atoms with van der Waals surface area (Å²) in [6.45, 7) is 4.11. The molecule has 118 valence electrons. The van der Waals surface area contributed by atoms with Gasteiger partial charge in [-0.1, -0.05) is 32.4 Å². The molecular formula is C17H23N3O2. The maximum Gasteiger partial charge on any atom is 0.270 e. The number of benzene rings is 1. The zero-order valence-electron chi connectivity index (χ0n) is 13.3. The van der Waals surface area contributed by atoms with E-state index in [0.29, 0.717) is 5.69 Å². The number of hydrogen-bond donors (Lipinski definition) is 2. The molecule has 1 aromatic carbocycles. The predicted molar refractivity (Wildman–Crippen MR) is 85.8 cm³/mol. The van der Waals surface area contributed by atoms with E-state index in [4.69, 9.17) is 0 Å². The number of carbonyl (C=O) groups excluding carboxylic acids is 1. The zero-order chi connectivity index (χ0) is 16.1. The molecule has 0 aliphatic heterocycles. The monoisotopic (exact) mass is 301 g/mol. The van der Waals surface area contributed by atoms with Crippen molar-refractivity contribution in [3.63, 3.8) is 0 Å². The molecule has 0 aliphatic rings. The van der Waals surface area contributed by atoms with E-state index in [2.05, 4.69) is 17.3 Å². The predicted octanol–water partition coefficient (Wildman–Crippen LogP) is 2.96. The topological polar surface area (TPSA) is 67.2 Å². The Morgan fingerprint density at radius 2 is 2.00 bits per heavy atom. The van der Waals surface area contributed by atoms with Crippen molar-refractivity contribution in [3.05, 3.63) is 47.3 Å². The summed E-state index contributed by atoms with van der Waals surface area (Å²) in [5.74, 6) is 0.0954. The number of phenols is 1. The van der Waals surface area contributed by atoms with E-state index >= 15 is 0 Å². The first-order valence-corrected chi connectivity index (χ1v) is 7.67. The van der Waals surface area contributed by atoms with Gasteiger partial charge >= 0.3 is 0 Å². The van der Waals surface area contributed by atoms with Crippen LogP contribution in [0.1, 0.15) is 54.5 Å². The Hall–Kier alpha value is -2.30. The summed E-state index contributed by atoms with van der Waals surface area (Å²) in [4.78, 5) is 12.5. The molecule has 0 bridgehead atoms. The van der Waals surface area contributed by atoms with Crippen molar-refractivity contribution >= 4 is 5.91 Å². The molecule has 0 saturated carbocycles. The molecule has 1 amide bonds. The van der Waals surface area contributed by atoms with Gasteiger partial charge in [-0.15, -0.1) is 0 Å². The Labute approximate surface area is 131 Å². The van der Waals surface area contributed by atoms with Crippen LogP contribution in [0.5, 0.6) is 5.75 Å². The standard InChI is InChI=1S/C17H23N3O2/c1-4-6-13-11-16(20(3)19-13)17(22)18-15(5-2)12-7-9-14(21)10-8-12/h7-11,15,21H,4-6H2,1-3H3,(H,18,22). The van der Waals surface area contributed by atoms with Gasteiger partial charge in [0, 0.05) is 7.05 Å². The van der Waals surface area contributed by atoms with Gasteiger partial charge in [0.15, 0.2) is 0 Å². The van der Waals surface area contributed by atoms with E-state index in [-0.39, 0.29) is 17.7 Å². The summed E-state index contributed by atoms with van der Waals surface area (Å²) in [6, 6.07) is 8.69. The minimum absolute atomic E-state index is 0.0855. The SMILES string of the molecule is CCCc1cc(C(=O)NC(CC)c2ccc(O)cc2)n(C)n1. The van der Waals surface area contributed by atoms with Gasteiger partial charge in [0.25, 0.3) is 5.91 Å². The number of amides is 1. The summed E-state index contributed by atoms with van der Waals surface area (Å²) >= 11 is 0. The Morgan fingerprint density at radius 3 is 2.59 bits per heavy atom. The van der Waals surface area contributed by atoms with E-state index in [1.165, 1.54) is 0 Å². The molecule has 0 aliphatic carbocycles. The average molecular weight is 301 g/mol. The lowest BCUT2D eigenvalue weighted by Crippen LogP contribution is -2.29. The summed E-state index contributed by atoms with van der Waals surface area (Å²) < 4.78 is 1.63. The van der Waals surface area contributed by atoms with Crippen LogP contribution < -0.4 is 5.32 Å². The maximum absolute atomic E-state index is 12.5. The van der Waals surface area contributed by atoms with Gasteiger partial charge in [0.05, 0.1) is 11.7 Å². The molecule has 0 spiro atoms. The lowest BCUT2D eigenvalue weighted by atomic mass is 10.0. The number of aromatic nitrogens is 2. The average Bonchev–Trinajstić information content (AvgIpc) is 2.87. The van der Waals surface area contributed by atoms with Gasteiger partial charge in [0.1, 0.15) is 11.4 Å². The second kappa shape index (κ2) is 7.11. The summed E-state index contributed by atoms with van der Waals surface area (Å²) in [5.41, 5.74) is 2.48. The quantitative estimate of drug-likeness (QED) is 0.862. The van der Waals surface area contributed by atoms with Crippen molar-refractivity contribution in [1.82, 2.24) is 15.1 Å². The van der Waals surface area contributed by atoms with E-state index in [0.717, 1.165) is 30.5 Å². The van der Waals surface area contributed by atoms with Gasteiger partial charge in [0.2, 0.25) is 0 Å². The molecule has 1 heterocycles. The van der Waals surface area contributed by atoms with Crippen LogP contribution in [0.4, 0.5) is 0 Å². The van der Waals surface area contributed by atoms with Gasteiger partial charge in [-0.2, -0.15) is 5.10 Å². The van der Waals surface area contributed by atoms with Crippen LogP contribution in [0.15, 0.2) is 30.3 Å². The molecule has 2 rings (SSSR count). The van der Waals surface area contributed by atoms with E-state index in [1.807, 2.05) is 25.1 Å². The van der Waals surface area contributed by atoms with Gasteiger partial charge in [-0.05, 0) is 36.6 Å². The fourth-order valence-corrected chi connectivity index (χ4v) is 2.48. The third-order valence-corrected chi connectivity index (χ3v) is 3.68. The Balaban J connectivity index is 2.13. The minimum Gasteiger partial charge on any atom is -0.508 e. The number of carbonyl (C=O) groups is 1. The van der Waals surface area contributed by atoms with Gasteiger partial charge < -0.3 is 10.4 Å². The molecule has 0 saturated heterocycles. The smallest absolute Gasteiger partial charge is 0.270 e. The van der Waals surface area contributed by atoms with Crippen molar-refractivity contribution < 1.29 is 9.90 Å². The molecule has 1 atom stereocenters. The highest BCUT2D eigenvalue weighted by Crippen LogP contribution is 2.20. The van der Waals surface area contributed by atoms with Crippen molar-refractivity contribution in [3.8, 4) is 5.75 Å². The molecule has 1 aromatic heterocycles. The van der Waals surface area contributed by atoms with Crippen molar-refractivity contribution in [2.45, 2.75) is 39.2 Å². The molecule has 22 heavy (non-hydrogen) atoms. The third kappa shape index (κ3) is 3.67. The Bertz CT molecular complexity index is 632. The number of nitrogens with zero attached hydrogens (tertiary/aromatic N) is 2. The van der Waals surface area contributed by atoms with E-state index in [9.17, 15) is 9.90 Å². The number of rotatable bonds is 6. The van der Waals surface area contributed by atoms with E-state index < -0.39 is 0 Å². The lowest BCUT2D eigenvalue weighted by molar-refractivity contribution is 0.0926. The minimum atomic E-state index is -0.128. The Morgan fingerprint density at radius 1 is 1.32 bits per heavy atom. The fourth-order valence-electron chi connectivity index (χ4n) is 2.48. The van der Waals surface area contributed by atoms with Crippen LogP contribution in [0, 0.1) is 0 Å². The number of phenolic OH excluding ortho intramolecular Hbond substituents is 1. The Kier molecular flexibility index (Phi) is 5.20. The van der Waals surface area contributed by atoms with Crippen LogP contribution in [-0.4, -0.2) is 20.8 Å². The van der Waals surface area contributed by atoms with E-state index in [1.54, 1.807) is 23.9 Å². The third-order valence-electron chi connectivity index (χ3n) is 3.68. The summed E-state index contributed by atoms with van der Waals surface area (Å²) in [5, 5.41) is 16.8. The molecule has 5 heteroatoms. The first-order valence-electron chi connectivity index (χ1n) is 7.67. The zero-order valence-corrected chi connectivity index (χ0v) is 13.3. The molecule has 0 fully saturated rings. The largest absolute Gasteiger partial charge is 0.508 e. The normalized spacial score (nSPS) is 12.1. The second-order valence-electron chi connectivity index (χ2n) is 5.42. The second-order valence-corrected chi connectivity index (χ2v) is 5.42. The summed E-state index contributed by atoms with van der Waals surface area (Å²) in [6.07, 6.45) is 2.65. The van der Waals surface area contributed by atoms with Crippen LogP contribution >= 0.6 is 0 Å². The number of aromatic hydroxyl groups is 1. The van der Waals surface area contributed by atoms with Crippen molar-refractivity contribution in [1.29, 1.82) is 0 Å². The first kappa shape index (κ1) is 16.1. The van der Waals surface area contributed by atoms with Crippen molar-refractivity contribution in [2.24, 2.45) is 7.05 Å². The van der Waals surface area contributed by atoms with Crippen molar-refractivity contribution in [2.75, 3.05) is 0 Å². The lowest BCUT2D eigenvalue weighted by Gasteiger charge is -2.17. The molecule has 1 unspecified atom stereocenters. The summed E-state index contributed by atoms with van der Waals surface area (Å²) in [7, 11) is 1.79. The fraction of sp³-hybridized carbons (Fsp3) is 0.412.